The van der Waals surface area contributed by atoms with Crippen LogP contribution in [0, 0.1) is 11.3 Å². The zero-order chi connectivity index (χ0) is 18.0. The third kappa shape index (κ3) is 3.91. The molecule has 3 rings (SSSR count). The molecule has 2 fully saturated rings. The molecule has 0 aliphatic carbocycles. The largest absolute Gasteiger partial charge is 0.347 e. The number of rotatable bonds is 4. The van der Waals surface area contributed by atoms with Crippen LogP contribution in [0.2, 0.25) is 0 Å². The molecule has 0 unspecified atom stereocenters. The lowest BCUT2D eigenvalue weighted by Gasteiger charge is -2.39. The smallest absolute Gasteiger partial charge is 0.342 e. The Morgan fingerprint density at radius 2 is 2.00 bits per heavy atom. The minimum absolute atomic E-state index is 0.0217. The average Bonchev–Trinajstić information content (AvgIpc) is 2.85. The van der Waals surface area contributed by atoms with E-state index in [4.69, 9.17) is 0 Å². The fourth-order valence-electron chi connectivity index (χ4n) is 3.91. The van der Waals surface area contributed by atoms with Gasteiger partial charge in [-0.15, -0.1) is 0 Å². The standard InChI is InChI=1S/C18H26N4O3/c1-14(2)11-22-13-18(10-15(22)23)4-8-20(9-5-18)16(24)12-21-7-3-6-19-17(21)25/h3,6-7,14H,4-5,8-13H2,1-2H3. The Balaban J connectivity index is 1.57. The zero-order valence-corrected chi connectivity index (χ0v) is 15.0. The number of amides is 2. The van der Waals surface area contributed by atoms with Crippen molar-refractivity contribution in [2.24, 2.45) is 11.3 Å². The monoisotopic (exact) mass is 346 g/mol. The van der Waals surface area contributed by atoms with Crippen molar-refractivity contribution in [1.82, 2.24) is 19.4 Å². The van der Waals surface area contributed by atoms with Gasteiger partial charge in [0.05, 0.1) is 0 Å². The van der Waals surface area contributed by atoms with Crippen LogP contribution in [0.1, 0.15) is 33.1 Å². The van der Waals surface area contributed by atoms with E-state index in [-0.39, 0.29) is 23.8 Å². The highest BCUT2D eigenvalue weighted by Crippen LogP contribution is 2.41. The Hall–Kier alpha value is -2.18. The molecule has 25 heavy (non-hydrogen) atoms. The predicted octanol–water partition coefficient (Wildman–Crippen LogP) is 0.740. The van der Waals surface area contributed by atoms with Gasteiger partial charge in [0.25, 0.3) is 0 Å². The van der Waals surface area contributed by atoms with Crippen molar-refractivity contribution in [1.29, 1.82) is 0 Å². The number of hydrogen-bond acceptors (Lipinski definition) is 4. The second-order valence-corrected chi connectivity index (χ2v) is 7.76. The van der Waals surface area contributed by atoms with Crippen molar-refractivity contribution in [3.63, 3.8) is 0 Å². The summed E-state index contributed by atoms with van der Waals surface area (Å²) in [5.41, 5.74) is -0.386. The summed E-state index contributed by atoms with van der Waals surface area (Å²) >= 11 is 0. The maximum atomic E-state index is 12.5. The highest BCUT2D eigenvalue weighted by atomic mass is 16.2. The second kappa shape index (κ2) is 6.98. The molecule has 136 valence electrons. The molecule has 0 saturated carbocycles. The summed E-state index contributed by atoms with van der Waals surface area (Å²) in [4.78, 5) is 43.8. The second-order valence-electron chi connectivity index (χ2n) is 7.76. The first-order chi connectivity index (χ1) is 11.9. The Labute approximate surface area is 147 Å². The van der Waals surface area contributed by atoms with Crippen molar-refractivity contribution >= 4 is 11.8 Å². The van der Waals surface area contributed by atoms with Crippen LogP contribution in [0.15, 0.2) is 23.3 Å². The van der Waals surface area contributed by atoms with E-state index in [9.17, 15) is 14.4 Å². The average molecular weight is 346 g/mol. The molecule has 1 spiro atoms. The van der Waals surface area contributed by atoms with Crippen LogP contribution in [0.3, 0.4) is 0 Å². The Kier molecular flexibility index (Phi) is 4.92. The van der Waals surface area contributed by atoms with Crippen molar-refractivity contribution in [2.75, 3.05) is 26.2 Å². The van der Waals surface area contributed by atoms with E-state index in [1.807, 2.05) is 4.90 Å². The molecule has 2 aliphatic rings. The number of hydrogen-bond donors (Lipinski definition) is 0. The summed E-state index contributed by atoms with van der Waals surface area (Å²) in [6, 6.07) is 1.65. The minimum Gasteiger partial charge on any atom is -0.342 e. The molecule has 2 amide bonds. The molecular formula is C18H26N4O3. The van der Waals surface area contributed by atoms with Gasteiger partial charge in [-0.25, -0.2) is 9.78 Å². The summed E-state index contributed by atoms with van der Waals surface area (Å²) in [6.07, 6.45) is 5.30. The predicted molar refractivity (Wildman–Crippen MR) is 92.8 cm³/mol. The molecule has 0 aromatic carbocycles. The normalized spacial score (nSPS) is 19.9. The van der Waals surface area contributed by atoms with E-state index in [0.717, 1.165) is 25.9 Å². The van der Waals surface area contributed by atoms with Gasteiger partial charge in [0.1, 0.15) is 6.54 Å². The molecule has 0 radical (unpaired) electrons. The summed E-state index contributed by atoms with van der Waals surface area (Å²) in [6.45, 7) is 7.20. The van der Waals surface area contributed by atoms with E-state index >= 15 is 0 Å². The fourth-order valence-corrected chi connectivity index (χ4v) is 3.91. The van der Waals surface area contributed by atoms with Gasteiger partial charge in [0.2, 0.25) is 11.8 Å². The van der Waals surface area contributed by atoms with Crippen LogP contribution < -0.4 is 5.69 Å². The Morgan fingerprint density at radius 1 is 1.28 bits per heavy atom. The first-order valence-electron chi connectivity index (χ1n) is 8.96. The quantitative estimate of drug-likeness (QED) is 0.806. The third-order valence-corrected chi connectivity index (χ3v) is 5.26. The van der Waals surface area contributed by atoms with Gasteiger partial charge in [-0.05, 0) is 24.8 Å². The van der Waals surface area contributed by atoms with Gasteiger partial charge in [-0.2, -0.15) is 0 Å². The van der Waals surface area contributed by atoms with E-state index in [1.54, 1.807) is 17.2 Å². The van der Waals surface area contributed by atoms with Gasteiger partial charge in [0, 0.05) is 50.4 Å². The highest BCUT2D eigenvalue weighted by molar-refractivity contribution is 5.80. The van der Waals surface area contributed by atoms with Gasteiger partial charge >= 0.3 is 5.69 Å². The van der Waals surface area contributed by atoms with Gasteiger partial charge in [-0.1, -0.05) is 13.8 Å². The molecular weight excluding hydrogens is 320 g/mol. The molecule has 0 atom stereocenters. The van der Waals surface area contributed by atoms with Crippen LogP contribution >= 0.6 is 0 Å². The third-order valence-electron chi connectivity index (χ3n) is 5.26. The number of aromatic nitrogens is 2. The van der Waals surface area contributed by atoms with Gasteiger partial charge < -0.3 is 9.80 Å². The van der Waals surface area contributed by atoms with Crippen LogP contribution in [0.4, 0.5) is 0 Å². The minimum atomic E-state index is -0.407. The summed E-state index contributed by atoms with van der Waals surface area (Å²) < 4.78 is 1.33. The number of piperidine rings is 1. The molecule has 1 aromatic heterocycles. The molecule has 0 bridgehead atoms. The van der Waals surface area contributed by atoms with Gasteiger partial charge in [-0.3, -0.25) is 14.2 Å². The van der Waals surface area contributed by atoms with E-state index in [0.29, 0.717) is 25.4 Å². The van der Waals surface area contributed by atoms with Crippen LogP contribution in [0.25, 0.3) is 0 Å². The lowest BCUT2D eigenvalue weighted by molar-refractivity contribution is -0.134. The molecule has 2 saturated heterocycles. The summed E-state index contributed by atoms with van der Waals surface area (Å²) in [7, 11) is 0. The number of likely N-dealkylation sites (tertiary alicyclic amines) is 2. The van der Waals surface area contributed by atoms with Crippen molar-refractivity contribution in [3.05, 3.63) is 28.9 Å². The molecule has 7 heteroatoms. The topological polar surface area (TPSA) is 75.5 Å². The SMILES string of the molecule is CC(C)CN1CC2(CCN(C(=O)Cn3cccnc3=O)CC2)CC1=O. The maximum absolute atomic E-state index is 12.5. The molecule has 0 N–H and O–H groups in total. The van der Waals surface area contributed by atoms with Crippen molar-refractivity contribution in [3.8, 4) is 0 Å². The van der Waals surface area contributed by atoms with E-state index < -0.39 is 5.69 Å². The Bertz CT molecular complexity index is 704. The summed E-state index contributed by atoms with van der Waals surface area (Å²) in [5.74, 6) is 0.655. The maximum Gasteiger partial charge on any atom is 0.347 e. The van der Waals surface area contributed by atoms with Crippen LogP contribution in [-0.4, -0.2) is 57.3 Å². The Morgan fingerprint density at radius 3 is 2.64 bits per heavy atom. The molecule has 3 heterocycles. The highest BCUT2D eigenvalue weighted by Gasteiger charge is 2.45. The van der Waals surface area contributed by atoms with Crippen molar-refractivity contribution in [2.45, 2.75) is 39.7 Å². The zero-order valence-electron chi connectivity index (χ0n) is 15.0. The van der Waals surface area contributed by atoms with Crippen molar-refractivity contribution < 1.29 is 9.59 Å². The summed E-state index contributed by atoms with van der Waals surface area (Å²) in [5, 5.41) is 0. The fraction of sp³-hybridized carbons (Fsp3) is 0.667. The number of carbonyl (C=O) groups is 2. The number of carbonyl (C=O) groups excluding carboxylic acids is 2. The molecule has 1 aromatic rings. The molecule has 2 aliphatic heterocycles. The van der Waals surface area contributed by atoms with E-state index in [2.05, 4.69) is 18.8 Å². The molecule has 7 nitrogen and oxygen atoms in total. The lowest BCUT2D eigenvalue weighted by atomic mass is 9.77. The van der Waals surface area contributed by atoms with Gasteiger partial charge in [0.15, 0.2) is 0 Å². The first kappa shape index (κ1) is 17.6. The van der Waals surface area contributed by atoms with Crippen LogP contribution in [-0.2, 0) is 16.1 Å². The van der Waals surface area contributed by atoms with E-state index in [1.165, 1.54) is 10.8 Å². The lowest BCUT2D eigenvalue weighted by Crippen LogP contribution is -2.46. The first-order valence-corrected chi connectivity index (χ1v) is 8.96. The number of nitrogens with zero attached hydrogens (tertiary/aromatic N) is 4. The van der Waals surface area contributed by atoms with Crippen LogP contribution in [0.5, 0.6) is 0 Å².